The number of carbonyl (C=O) groups is 2. The van der Waals surface area contributed by atoms with Crippen LogP contribution in [0.2, 0.25) is 0 Å². The minimum Gasteiger partial charge on any atom is -0.495 e. The van der Waals surface area contributed by atoms with E-state index in [1.807, 2.05) is 32.0 Å². The number of para-hydroxylation sites is 2. The van der Waals surface area contributed by atoms with Gasteiger partial charge in [0, 0.05) is 38.3 Å². The summed E-state index contributed by atoms with van der Waals surface area (Å²) in [5, 5.41) is 0. The maximum absolute atomic E-state index is 13.3. The highest BCUT2D eigenvalue weighted by atomic mass is 16.5. The Morgan fingerprint density at radius 2 is 1.46 bits per heavy atom. The molecule has 2 heterocycles. The van der Waals surface area contributed by atoms with Gasteiger partial charge in [0.25, 0.3) is 5.91 Å². The SMILES string of the molecule is COc1cc2c(cc1OC)C(C)(C)C(=O)N(CCCN1CCN(c3ccccc3OC)CC1)C2=O. The van der Waals surface area contributed by atoms with Gasteiger partial charge in [-0.05, 0) is 56.6 Å². The molecule has 8 nitrogen and oxygen atoms in total. The van der Waals surface area contributed by atoms with Gasteiger partial charge in [-0.2, -0.15) is 0 Å². The monoisotopic (exact) mass is 481 g/mol. The Bertz CT molecular complexity index is 1090. The minimum atomic E-state index is -0.830. The molecule has 2 amide bonds. The maximum atomic E-state index is 13.3. The van der Waals surface area contributed by atoms with Gasteiger partial charge in [-0.3, -0.25) is 19.4 Å². The van der Waals surface area contributed by atoms with E-state index in [4.69, 9.17) is 14.2 Å². The van der Waals surface area contributed by atoms with E-state index in [1.165, 1.54) is 4.90 Å². The highest BCUT2D eigenvalue weighted by Gasteiger charge is 2.45. The molecule has 8 heteroatoms. The van der Waals surface area contributed by atoms with Crippen molar-refractivity contribution >= 4 is 17.5 Å². The van der Waals surface area contributed by atoms with Crippen molar-refractivity contribution in [3.05, 3.63) is 47.5 Å². The topological polar surface area (TPSA) is 71.6 Å². The summed E-state index contributed by atoms with van der Waals surface area (Å²) in [6, 6.07) is 11.5. The fraction of sp³-hybridized carbons (Fsp3) is 0.481. The number of rotatable bonds is 8. The van der Waals surface area contributed by atoms with E-state index in [1.54, 1.807) is 33.5 Å². The van der Waals surface area contributed by atoms with E-state index >= 15 is 0 Å². The average molecular weight is 482 g/mol. The van der Waals surface area contributed by atoms with Crippen molar-refractivity contribution in [1.82, 2.24) is 9.80 Å². The van der Waals surface area contributed by atoms with Crippen molar-refractivity contribution in [2.24, 2.45) is 0 Å². The van der Waals surface area contributed by atoms with Crippen LogP contribution < -0.4 is 19.1 Å². The second kappa shape index (κ2) is 10.2. The molecule has 2 aliphatic heterocycles. The second-order valence-electron chi connectivity index (χ2n) is 9.49. The number of fused-ring (bicyclic) bond motifs is 1. The molecule has 4 rings (SSSR count). The standard InChI is InChI=1S/C27H35N3O5/c1-27(2)20-18-24(35-5)23(34-4)17-19(20)25(31)30(26(27)32)12-8-11-28-13-15-29(16-14-28)21-9-6-7-10-22(21)33-3/h6-7,9-10,17-18H,8,11-16H2,1-5H3. The van der Waals surface area contributed by atoms with Crippen molar-refractivity contribution < 1.29 is 23.8 Å². The molecule has 35 heavy (non-hydrogen) atoms. The van der Waals surface area contributed by atoms with Crippen LogP contribution >= 0.6 is 0 Å². The highest BCUT2D eigenvalue weighted by molar-refractivity contribution is 6.13. The van der Waals surface area contributed by atoms with Crippen LogP contribution in [0.5, 0.6) is 17.2 Å². The third-order valence-electron chi connectivity index (χ3n) is 7.11. The Balaban J connectivity index is 1.38. The Hall–Kier alpha value is -3.26. The lowest BCUT2D eigenvalue weighted by Gasteiger charge is -2.39. The molecular weight excluding hydrogens is 446 g/mol. The normalized spacial score (nSPS) is 17.9. The van der Waals surface area contributed by atoms with Crippen molar-refractivity contribution in [3.63, 3.8) is 0 Å². The molecule has 0 unspecified atom stereocenters. The van der Waals surface area contributed by atoms with Gasteiger partial charge in [0.2, 0.25) is 5.91 Å². The largest absolute Gasteiger partial charge is 0.495 e. The molecular formula is C27H35N3O5. The van der Waals surface area contributed by atoms with Gasteiger partial charge in [-0.25, -0.2) is 0 Å². The first-order valence-corrected chi connectivity index (χ1v) is 12.0. The van der Waals surface area contributed by atoms with Crippen LogP contribution in [0, 0.1) is 0 Å². The van der Waals surface area contributed by atoms with Crippen LogP contribution in [0.4, 0.5) is 5.69 Å². The van der Waals surface area contributed by atoms with Crippen molar-refractivity contribution in [2.75, 3.05) is 65.5 Å². The fourth-order valence-electron chi connectivity index (χ4n) is 5.02. The smallest absolute Gasteiger partial charge is 0.260 e. The van der Waals surface area contributed by atoms with E-state index < -0.39 is 5.41 Å². The summed E-state index contributed by atoms with van der Waals surface area (Å²) >= 11 is 0. The zero-order chi connectivity index (χ0) is 25.2. The summed E-state index contributed by atoms with van der Waals surface area (Å²) in [5.74, 6) is 1.44. The molecule has 0 atom stereocenters. The third-order valence-corrected chi connectivity index (χ3v) is 7.11. The second-order valence-corrected chi connectivity index (χ2v) is 9.49. The van der Waals surface area contributed by atoms with Gasteiger partial charge in [0.15, 0.2) is 11.5 Å². The van der Waals surface area contributed by atoms with Gasteiger partial charge in [0.1, 0.15) is 5.75 Å². The first-order valence-electron chi connectivity index (χ1n) is 12.0. The average Bonchev–Trinajstić information content (AvgIpc) is 2.89. The number of ether oxygens (including phenoxy) is 3. The number of carbonyl (C=O) groups excluding carboxylic acids is 2. The van der Waals surface area contributed by atoms with Crippen molar-refractivity contribution in [1.29, 1.82) is 0 Å². The van der Waals surface area contributed by atoms with E-state index in [2.05, 4.69) is 15.9 Å². The first-order chi connectivity index (χ1) is 16.8. The molecule has 0 bridgehead atoms. The zero-order valence-corrected chi connectivity index (χ0v) is 21.3. The molecule has 1 fully saturated rings. The number of nitrogens with zero attached hydrogens (tertiary/aromatic N) is 3. The van der Waals surface area contributed by atoms with E-state index in [0.717, 1.165) is 50.6 Å². The summed E-state index contributed by atoms with van der Waals surface area (Å²) in [5.41, 5.74) is 1.46. The van der Waals surface area contributed by atoms with Gasteiger partial charge in [0.05, 0.1) is 32.4 Å². The number of methoxy groups -OCH3 is 3. The number of benzene rings is 2. The molecule has 2 aromatic carbocycles. The Kier molecular flexibility index (Phi) is 7.21. The van der Waals surface area contributed by atoms with E-state index in [0.29, 0.717) is 29.2 Å². The molecule has 2 aromatic rings. The molecule has 0 saturated carbocycles. The zero-order valence-electron chi connectivity index (χ0n) is 21.3. The summed E-state index contributed by atoms with van der Waals surface area (Å²) in [6.45, 7) is 8.59. The lowest BCUT2D eigenvalue weighted by atomic mass is 9.77. The number of hydrogen-bond donors (Lipinski definition) is 0. The lowest BCUT2D eigenvalue weighted by Crippen LogP contribution is -2.52. The molecule has 0 radical (unpaired) electrons. The molecule has 1 saturated heterocycles. The Labute approximate surface area is 207 Å². The first kappa shape index (κ1) is 24.9. The molecule has 188 valence electrons. The van der Waals surface area contributed by atoms with Crippen molar-refractivity contribution in [3.8, 4) is 17.2 Å². The molecule has 0 aromatic heterocycles. The molecule has 0 aliphatic carbocycles. The molecule has 2 aliphatic rings. The summed E-state index contributed by atoms with van der Waals surface area (Å²) in [7, 11) is 4.79. The number of piperazine rings is 1. The van der Waals surface area contributed by atoms with Gasteiger partial charge in [-0.15, -0.1) is 0 Å². The summed E-state index contributed by atoms with van der Waals surface area (Å²) in [6.07, 6.45) is 0.727. The van der Waals surface area contributed by atoms with Crippen LogP contribution in [-0.4, -0.2) is 82.2 Å². The van der Waals surface area contributed by atoms with Crippen LogP contribution in [0.25, 0.3) is 0 Å². The number of anilines is 1. The van der Waals surface area contributed by atoms with Gasteiger partial charge >= 0.3 is 0 Å². The quantitative estimate of drug-likeness (QED) is 0.536. The highest BCUT2D eigenvalue weighted by Crippen LogP contribution is 2.41. The van der Waals surface area contributed by atoms with Crippen LogP contribution in [0.3, 0.4) is 0 Å². The van der Waals surface area contributed by atoms with Gasteiger partial charge < -0.3 is 19.1 Å². The lowest BCUT2D eigenvalue weighted by molar-refractivity contribution is -0.134. The van der Waals surface area contributed by atoms with Crippen LogP contribution in [-0.2, 0) is 10.2 Å². The molecule has 0 N–H and O–H groups in total. The van der Waals surface area contributed by atoms with E-state index in [9.17, 15) is 9.59 Å². The number of hydrogen-bond acceptors (Lipinski definition) is 7. The van der Waals surface area contributed by atoms with E-state index in [-0.39, 0.29) is 11.8 Å². The summed E-state index contributed by atoms with van der Waals surface area (Å²) < 4.78 is 16.3. The van der Waals surface area contributed by atoms with Crippen LogP contribution in [0.1, 0.15) is 36.2 Å². The predicted octanol–water partition coefficient (Wildman–Crippen LogP) is 3.18. The number of amides is 2. The van der Waals surface area contributed by atoms with Crippen molar-refractivity contribution in [2.45, 2.75) is 25.7 Å². The number of imide groups is 1. The minimum absolute atomic E-state index is 0.178. The fourth-order valence-corrected chi connectivity index (χ4v) is 5.02. The maximum Gasteiger partial charge on any atom is 0.260 e. The third kappa shape index (κ3) is 4.67. The Morgan fingerprint density at radius 3 is 2.11 bits per heavy atom. The van der Waals surface area contributed by atoms with Gasteiger partial charge in [-0.1, -0.05) is 12.1 Å². The Morgan fingerprint density at radius 1 is 0.829 bits per heavy atom. The summed E-state index contributed by atoms with van der Waals surface area (Å²) in [4.78, 5) is 32.7. The predicted molar refractivity (Wildman–Crippen MR) is 135 cm³/mol. The van der Waals surface area contributed by atoms with Crippen LogP contribution in [0.15, 0.2) is 36.4 Å². The molecule has 0 spiro atoms.